The smallest absolute Gasteiger partial charge is 0.243 e. The minimum atomic E-state index is -3.57. The molecule has 2 aliphatic heterocycles. The van der Waals surface area contributed by atoms with Crippen LogP contribution < -0.4 is 0 Å². The molecule has 7 heteroatoms. The van der Waals surface area contributed by atoms with E-state index >= 15 is 0 Å². The van der Waals surface area contributed by atoms with Crippen LogP contribution in [0.3, 0.4) is 0 Å². The topological polar surface area (TPSA) is 87.1 Å². The summed E-state index contributed by atoms with van der Waals surface area (Å²) < 4.78 is 33.1. The Morgan fingerprint density at radius 3 is 2.27 bits per heavy atom. The lowest BCUT2D eigenvalue weighted by atomic mass is 9.75. The highest BCUT2D eigenvalue weighted by molar-refractivity contribution is 7.89. The molecular weight excluding hydrogens is 354 g/mol. The van der Waals surface area contributed by atoms with E-state index in [0.717, 1.165) is 5.56 Å². The molecule has 2 aliphatic rings. The van der Waals surface area contributed by atoms with E-state index in [1.165, 1.54) is 4.31 Å². The highest BCUT2D eigenvalue weighted by atomic mass is 32.2. The molecule has 0 aromatic heterocycles. The van der Waals surface area contributed by atoms with Gasteiger partial charge in [-0.05, 0) is 43.4 Å². The van der Waals surface area contributed by atoms with Crippen LogP contribution in [0.2, 0.25) is 0 Å². The number of benzene rings is 1. The molecule has 1 aromatic rings. The molecule has 0 aliphatic carbocycles. The third-order valence-electron chi connectivity index (χ3n) is 5.84. The molecule has 2 N–H and O–H groups in total. The van der Waals surface area contributed by atoms with Gasteiger partial charge in [0.2, 0.25) is 10.0 Å². The van der Waals surface area contributed by atoms with Crippen LogP contribution in [0.5, 0.6) is 0 Å². The van der Waals surface area contributed by atoms with Gasteiger partial charge in [0.05, 0.1) is 22.7 Å². The van der Waals surface area contributed by atoms with E-state index < -0.39 is 27.3 Å². The molecule has 2 atom stereocenters. The van der Waals surface area contributed by atoms with Crippen LogP contribution >= 0.6 is 0 Å². The minimum absolute atomic E-state index is 0.265. The molecule has 1 spiro atoms. The highest BCUT2D eigenvalue weighted by Crippen LogP contribution is 2.40. The van der Waals surface area contributed by atoms with Crippen LogP contribution in [0, 0.1) is 0 Å². The summed E-state index contributed by atoms with van der Waals surface area (Å²) in [6.07, 6.45) is 0.0976. The number of sulfonamides is 1. The summed E-state index contributed by atoms with van der Waals surface area (Å²) in [7, 11) is -3.57. The van der Waals surface area contributed by atoms with Crippen LogP contribution in [0.4, 0.5) is 0 Å². The van der Waals surface area contributed by atoms with Crippen LogP contribution in [-0.2, 0) is 14.8 Å². The molecule has 0 bridgehead atoms. The van der Waals surface area contributed by atoms with E-state index in [-0.39, 0.29) is 18.0 Å². The number of rotatable bonds is 3. The monoisotopic (exact) mass is 383 g/mol. The Labute approximate surface area is 155 Å². The van der Waals surface area contributed by atoms with Gasteiger partial charge in [-0.25, -0.2) is 8.42 Å². The van der Waals surface area contributed by atoms with Crippen molar-refractivity contribution in [2.24, 2.45) is 0 Å². The maximum Gasteiger partial charge on any atom is 0.243 e. The van der Waals surface area contributed by atoms with Gasteiger partial charge in [-0.2, -0.15) is 4.31 Å². The lowest BCUT2D eigenvalue weighted by Crippen LogP contribution is -2.64. The van der Waals surface area contributed by atoms with Crippen molar-refractivity contribution >= 4 is 10.0 Å². The summed E-state index contributed by atoms with van der Waals surface area (Å²) in [6.45, 7) is 6.65. The third kappa shape index (κ3) is 3.43. The molecule has 2 saturated heterocycles. The van der Waals surface area contributed by atoms with Gasteiger partial charge in [0.15, 0.2) is 0 Å². The molecule has 6 nitrogen and oxygen atoms in total. The van der Waals surface area contributed by atoms with Crippen molar-refractivity contribution < 1.29 is 23.4 Å². The van der Waals surface area contributed by atoms with Crippen molar-refractivity contribution in [3.63, 3.8) is 0 Å². The van der Waals surface area contributed by atoms with Gasteiger partial charge >= 0.3 is 0 Å². The quantitative estimate of drug-likeness (QED) is 0.832. The number of hydrogen-bond acceptors (Lipinski definition) is 5. The molecule has 1 aromatic carbocycles. The standard InChI is InChI=1S/C19H29NO5S/c1-14(2)15-4-6-16(7-5-15)26(23,24)20-11-8-19(9-12-20)17(21)18(3,22)10-13-25-19/h4-7,14,17,21-22H,8-13H2,1-3H3/t17-,18+/m0/s1. The van der Waals surface area contributed by atoms with Crippen LogP contribution in [0.15, 0.2) is 29.2 Å². The van der Waals surface area contributed by atoms with Crippen molar-refractivity contribution in [2.45, 2.75) is 68.2 Å². The number of aliphatic hydroxyl groups is 2. The predicted octanol–water partition coefficient (Wildman–Crippen LogP) is 1.87. The van der Waals surface area contributed by atoms with E-state index in [1.807, 2.05) is 12.1 Å². The van der Waals surface area contributed by atoms with Crippen LogP contribution in [-0.4, -0.2) is 59.9 Å². The fourth-order valence-corrected chi connectivity index (χ4v) is 5.38. The summed E-state index contributed by atoms with van der Waals surface area (Å²) in [6, 6.07) is 7.03. The van der Waals surface area contributed by atoms with Crippen molar-refractivity contribution in [1.82, 2.24) is 4.31 Å². The van der Waals surface area contributed by atoms with Gasteiger partial charge in [0, 0.05) is 19.5 Å². The largest absolute Gasteiger partial charge is 0.387 e. The molecule has 2 fully saturated rings. The number of aliphatic hydroxyl groups excluding tert-OH is 1. The molecule has 3 rings (SSSR count). The van der Waals surface area contributed by atoms with E-state index in [1.54, 1.807) is 19.1 Å². The first-order chi connectivity index (χ1) is 12.1. The second-order valence-corrected chi connectivity index (χ2v) is 9.99. The van der Waals surface area contributed by atoms with Gasteiger partial charge < -0.3 is 14.9 Å². The maximum absolute atomic E-state index is 12.9. The number of nitrogens with zero attached hydrogens (tertiary/aromatic N) is 1. The zero-order chi connectivity index (χ0) is 19.2. The first kappa shape index (κ1) is 19.8. The predicted molar refractivity (Wildman–Crippen MR) is 98.5 cm³/mol. The van der Waals surface area contributed by atoms with Gasteiger partial charge in [-0.15, -0.1) is 0 Å². The molecule has 0 amide bonds. The zero-order valence-electron chi connectivity index (χ0n) is 15.7. The van der Waals surface area contributed by atoms with Gasteiger partial charge in [0.25, 0.3) is 0 Å². The van der Waals surface area contributed by atoms with Gasteiger partial charge in [0.1, 0.15) is 6.10 Å². The van der Waals surface area contributed by atoms with Gasteiger partial charge in [-0.1, -0.05) is 26.0 Å². The first-order valence-corrected chi connectivity index (χ1v) is 10.7. The second kappa shape index (κ2) is 6.87. The summed E-state index contributed by atoms with van der Waals surface area (Å²) in [4.78, 5) is 0.287. The Balaban J connectivity index is 1.74. The number of ether oxygens (including phenoxy) is 1. The molecular formula is C19H29NO5S. The maximum atomic E-state index is 12.9. The third-order valence-corrected chi connectivity index (χ3v) is 7.75. The average Bonchev–Trinajstić information content (AvgIpc) is 2.60. The van der Waals surface area contributed by atoms with E-state index in [4.69, 9.17) is 4.74 Å². The number of piperidine rings is 1. The minimum Gasteiger partial charge on any atom is -0.387 e. The fraction of sp³-hybridized carbons (Fsp3) is 0.684. The lowest BCUT2D eigenvalue weighted by Gasteiger charge is -2.51. The average molecular weight is 384 g/mol. The van der Waals surface area contributed by atoms with Crippen molar-refractivity contribution in [2.75, 3.05) is 19.7 Å². The fourth-order valence-electron chi connectivity index (χ4n) is 3.94. The van der Waals surface area contributed by atoms with Crippen molar-refractivity contribution in [3.05, 3.63) is 29.8 Å². The highest BCUT2D eigenvalue weighted by Gasteiger charge is 2.53. The van der Waals surface area contributed by atoms with E-state index in [2.05, 4.69) is 13.8 Å². The van der Waals surface area contributed by atoms with Crippen molar-refractivity contribution in [3.8, 4) is 0 Å². The SMILES string of the molecule is CC(C)c1ccc(S(=O)(=O)N2CCC3(CC2)OCC[C@@](C)(O)[C@@H]3O)cc1. The summed E-state index contributed by atoms with van der Waals surface area (Å²) in [5.74, 6) is 0.347. The Morgan fingerprint density at radius 1 is 1.15 bits per heavy atom. The molecule has 146 valence electrons. The van der Waals surface area contributed by atoms with Gasteiger partial charge in [-0.3, -0.25) is 0 Å². The normalized spacial score (nSPS) is 30.0. The molecule has 0 saturated carbocycles. The summed E-state index contributed by atoms with van der Waals surface area (Å²) >= 11 is 0. The Kier molecular flexibility index (Phi) is 5.22. The molecule has 26 heavy (non-hydrogen) atoms. The first-order valence-electron chi connectivity index (χ1n) is 9.23. The number of hydrogen-bond donors (Lipinski definition) is 2. The summed E-state index contributed by atoms with van der Waals surface area (Å²) in [5.41, 5.74) is -0.969. The van der Waals surface area contributed by atoms with E-state index in [9.17, 15) is 18.6 Å². The van der Waals surface area contributed by atoms with Crippen LogP contribution in [0.1, 0.15) is 51.5 Å². The molecule has 2 heterocycles. The summed E-state index contributed by atoms with van der Waals surface area (Å²) in [5, 5.41) is 20.9. The van der Waals surface area contributed by atoms with E-state index in [0.29, 0.717) is 31.8 Å². The molecule has 0 radical (unpaired) electrons. The zero-order valence-corrected chi connectivity index (χ0v) is 16.5. The Hall–Kier alpha value is -0.990. The lowest BCUT2D eigenvalue weighted by molar-refractivity contribution is -0.243. The second-order valence-electron chi connectivity index (χ2n) is 8.05. The van der Waals surface area contributed by atoms with Crippen LogP contribution in [0.25, 0.3) is 0 Å². The Bertz CT molecular complexity index is 734. The molecule has 0 unspecified atom stereocenters. The van der Waals surface area contributed by atoms with Crippen molar-refractivity contribution in [1.29, 1.82) is 0 Å². The Morgan fingerprint density at radius 2 is 1.73 bits per heavy atom.